The third-order valence-electron chi connectivity index (χ3n) is 4.76. The lowest BCUT2D eigenvalue weighted by molar-refractivity contribution is -0.128. The molecule has 0 saturated carbocycles. The van der Waals surface area contributed by atoms with Crippen molar-refractivity contribution in [3.05, 3.63) is 58.6 Å². The second-order valence-electron chi connectivity index (χ2n) is 7.43. The number of nitrogens with one attached hydrogen (secondary N) is 2. The van der Waals surface area contributed by atoms with E-state index >= 15 is 0 Å². The van der Waals surface area contributed by atoms with Crippen molar-refractivity contribution in [2.24, 2.45) is 10.9 Å². The summed E-state index contributed by atoms with van der Waals surface area (Å²) in [6, 6.07) is 8.24. The number of benzene rings is 1. The summed E-state index contributed by atoms with van der Waals surface area (Å²) >= 11 is 1.46. The maximum Gasteiger partial charge on any atom is 0.294 e. The Balaban J connectivity index is 1.98. The summed E-state index contributed by atoms with van der Waals surface area (Å²) in [5.41, 5.74) is 6.46. The van der Waals surface area contributed by atoms with E-state index in [4.69, 9.17) is 15.7 Å². The van der Waals surface area contributed by atoms with Crippen LogP contribution in [0.2, 0.25) is 0 Å². The monoisotopic (exact) mass is 490 g/mol. The first-order valence-corrected chi connectivity index (χ1v) is 11.7. The average molecular weight is 491 g/mol. The molecule has 0 fully saturated rings. The summed E-state index contributed by atoms with van der Waals surface area (Å²) in [5.74, 6) is 0.228. The largest absolute Gasteiger partial charge is 0.411 e. The van der Waals surface area contributed by atoms with Crippen LogP contribution in [0.1, 0.15) is 18.5 Å². The number of methoxy groups -OCH3 is 1. The Morgan fingerprint density at radius 2 is 2.03 bits per heavy atom. The zero-order valence-electron chi connectivity index (χ0n) is 19.1. The number of oxime groups is 1. The van der Waals surface area contributed by atoms with Crippen LogP contribution in [-0.4, -0.2) is 70.8 Å². The first kappa shape index (κ1) is 27.0. The van der Waals surface area contributed by atoms with Crippen LogP contribution in [0.5, 0.6) is 0 Å². The number of Topliss-reactive ketones (excluding diaryl/α,β-unsaturated/α-hetero) is 1. The molecule has 0 radical (unpaired) electrons. The predicted molar refractivity (Wildman–Crippen MR) is 131 cm³/mol. The van der Waals surface area contributed by atoms with Crippen molar-refractivity contribution >= 4 is 35.0 Å². The maximum atomic E-state index is 12.9. The Bertz CT molecular complexity index is 1030. The lowest BCUT2D eigenvalue weighted by Gasteiger charge is -2.19. The van der Waals surface area contributed by atoms with Gasteiger partial charge in [0, 0.05) is 31.3 Å². The molecule has 5 N–H and O–H groups in total. The fourth-order valence-corrected chi connectivity index (χ4v) is 3.76. The molecule has 2 unspecified atom stereocenters. The number of hydrogen-bond donors (Lipinski definition) is 4. The predicted octanol–water partition coefficient (Wildman–Crippen LogP) is 0.639. The van der Waals surface area contributed by atoms with Gasteiger partial charge < -0.3 is 26.3 Å². The third-order valence-corrected chi connectivity index (χ3v) is 5.82. The molecule has 0 spiro atoms. The number of amides is 1. The minimum atomic E-state index is -1.01. The quantitative estimate of drug-likeness (QED) is 0.169. The Labute approximate surface area is 201 Å². The summed E-state index contributed by atoms with van der Waals surface area (Å²) in [5, 5.41) is 17.5. The van der Waals surface area contributed by atoms with Crippen LogP contribution in [0.25, 0.3) is 0 Å². The molecule has 0 aliphatic carbocycles. The second-order valence-corrected chi connectivity index (χ2v) is 8.41. The van der Waals surface area contributed by atoms with Crippen molar-refractivity contribution in [3.8, 4) is 0 Å². The number of nitrogens with two attached hydrogens (primary N) is 1. The Hall–Kier alpha value is -3.22. The van der Waals surface area contributed by atoms with Gasteiger partial charge >= 0.3 is 0 Å². The van der Waals surface area contributed by atoms with E-state index in [0.29, 0.717) is 5.75 Å². The van der Waals surface area contributed by atoms with Gasteiger partial charge in [-0.1, -0.05) is 35.5 Å². The zero-order valence-corrected chi connectivity index (χ0v) is 20.0. The van der Waals surface area contributed by atoms with Crippen LogP contribution in [-0.2, 0) is 20.1 Å². The number of hydrogen-bond acceptors (Lipinski definition) is 10. The lowest BCUT2D eigenvalue weighted by Crippen LogP contribution is -2.42. The van der Waals surface area contributed by atoms with Gasteiger partial charge in [-0.25, -0.2) is 4.98 Å². The lowest BCUT2D eigenvalue weighted by atomic mass is 10.2. The van der Waals surface area contributed by atoms with Crippen molar-refractivity contribution in [1.29, 1.82) is 0 Å². The van der Waals surface area contributed by atoms with E-state index in [0.717, 1.165) is 5.56 Å². The number of carbonyl (C=O) groups excluding carboxylic acids is 2. The SMILES string of the molecule is COCC(C(=O)NCC(=O)CSCc1ccccc1)n1ccnc(NC/C(=N/O)C(C)N)c1=O. The molecule has 184 valence electrons. The molecule has 2 aromatic rings. The molecule has 12 heteroatoms. The number of thioether (sulfide) groups is 1. The number of aromatic nitrogens is 2. The van der Waals surface area contributed by atoms with E-state index in [1.807, 2.05) is 30.3 Å². The molecule has 1 aromatic heterocycles. The molecule has 0 aliphatic heterocycles. The molecule has 0 bridgehead atoms. The van der Waals surface area contributed by atoms with Crippen LogP contribution >= 0.6 is 11.8 Å². The number of ether oxygens (including phenoxy) is 1. The van der Waals surface area contributed by atoms with Crippen molar-refractivity contribution in [1.82, 2.24) is 14.9 Å². The minimum absolute atomic E-state index is 0.00326. The zero-order chi connectivity index (χ0) is 24.9. The van der Waals surface area contributed by atoms with Crippen molar-refractivity contribution in [2.45, 2.75) is 24.8 Å². The average Bonchev–Trinajstić information content (AvgIpc) is 2.83. The summed E-state index contributed by atoms with van der Waals surface area (Å²) in [7, 11) is 1.41. The smallest absolute Gasteiger partial charge is 0.294 e. The molecule has 34 heavy (non-hydrogen) atoms. The van der Waals surface area contributed by atoms with Gasteiger partial charge in [-0.3, -0.25) is 19.0 Å². The molecule has 0 aliphatic rings. The van der Waals surface area contributed by atoms with Crippen LogP contribution in [0.15, 0.2) is 52.7 Å². The van der Waals surface area contributed by atoms with Gasteiger partial charge in [0.05, 0.1) is 31.2 Å². The van der Waals surface area contributed by atoms with Gasteiger partial charge in [0.25, 0.3) is 5.56 Å². The van der Waals surface area contributed by atoms with Gasteiger partial charge in [0.15, 0.2) is 11.6 Å². The van der Waals surface area contributed by atoms with E-state index in [2.05, 4.69) is 20.8 Å². The molecule has 1 heterocycles. The number of ketones is 1. The molecule has 2 atom stereocenters. The molecule has 0 saturated heterocycles. The molecule has 11 nitrogen and oxygen atoms in total. The van der Waals surface area contributed by atoms with Gasteiger partial charge in [0.1, 0.15) is 6.04 Å². The summed E-state index contributed by atoms with van der Waals surface area (Å²) < 4.78 is 6.29. The second kappa shape index (κ2) is 14.1. The Morgan fingerprint density at radius 3 is 2.68 bits per heavy atom. The number of rotatable bonds is 14. The van der Waals surface area contributed by atoms with Gasteiger partial charge in [-0.05, 0) is 12.5 Å². The van der Waals surface area contributed by atoms with E-state index in [9.17, 15) is 14.4 Å². The summed E-state index contributed by atoms with van der Waals surface area (Å²) in [6.45, 7) is 1.39. The standard InChI is InChI=1S/C22H30N6O5S/c1-15(23)18(27-32)11-25-20-22(31)28(9-8-24-20)19(12-33-2)21(30)26-10-17(29)14-34-13-16-6-4-3-5-7-16/h3-9,15,19,32H,10-14,23H2,1-2H3,(H,24,25)(H,26,30)/b27-18-. The number of carbonyl (C=O) groups is 2. The molecule has 1 aromatic carbocycles. The minimum Gasteiger partial charge on any atom is -0.411 e. The van der Waals surface area contributed by atoms with E-state index in [1.54, 1.807) is 6.92 Å². The fraction of sp³-hybridized carbons (Fsp3) is 0.409. The Kier molecular flexibility index (Phi) is 11.2. The first-order valence-electron chi connectivity index (χ1n) is 10.5. The highest BCUT2D eigenvalue weighted by Crippen LogP contribution is 2.11. The van der Waals surface area contributed by atoms with Crippen molar-refractivity contribution in [3.63, 3.8) is 0 Å². The highest BCUT2D eigenvalue weighted by Gasteiger charge is 2.23. The van der Waals surface area contributed by atoms with Crippen LogP contribution in [0, 0.1) is 0 Å². The van der Waals surface area contributed by atoms with E-state index in [-0.39, 0.29) is 42.8 Å². The van der Waals surface area contributed by atoms with Crippen LogP contribution in [0.3, 0.4) is 0 Å². The number of nitrogens with zero attached hydrogens (tertiary/aromatic N) is 3. The van der Waals surface area contributed by atoms with Gasteiger partial charge in [-0.2, -0.15) is 0 Å². The molecule has 2 rings (SSSR count). The van der Waals surface area contributed by atoms with Crippen molar-refractivity contribution in [2.75, 3.05) is 37.9 Å². The fourth-order valence-electron chi connectivity index (χ4n) is 2.90. The van der Waals surface area contributed by atoms with E-state index in [1.165, 1.54) is 35.8 Å². The highest BCUT2D eigenvalue weighted by atomic mass is 32.2. The summed E-state index contributed by atoms with van der Waals surface area (Å²) in [4.78, 5) is 41.9. The highest BCUT2D eigenvalue weighted by molar-refractivity contribution is 7.99. The maximum absolute atomic E-state index is 12.9. The van der Waals surface area contributed by atoms with Crippen molar-refractivity contribution < 1.29 is 19.5 Å². The molecule has 1 amide bonds. The molecular weight excluding hydrogens is 460 g/mol. The first-order chi connectivity index (χ1) is 16.4. The van der Waals surface area contributed by atoms with Gasteiger partial charge in [-0.15, -0.1) is 11.8 Å². The third kappa shape index (κ3) is 8.28. The topological polar surface area (TPSA) is 161 Å². The normalized spacial score (nSPS) is 13.2. The number of anilines is 1. The van der Waals surface area contributed by atoms with E-state index < -0.39 is 23.6 Å². The molecular formula is C22H30N6O5S. The Morgan fingerprint density at radius 1 is 1.29 bits per heavy atom. The van der Waals surface area contributed by atoms with Crippen LogP contribution in [0.4, 0.5) is 5.82 Å². The van der Waals surface area contributed by atoms with Crippen LogP contribution < -0.4 is 21.9 Å². The summed E-state index contributed by atoms with van der Waals surface area (Å²) in [6.07, 6.45) is 2.72. The van der Waals surface area contributed by atoms with Gasteiger partial charge in [0.2, 0.25) is 5.91 Å².